The number of carbonyl (C=O) groups is 1. The van der Waals surface area contributed by atoms with Crippen LogP contribution in [0.4, 0.5) is 0 Å². The van der Waals surface area contributed by atoms with Crippen LogP contribution in [0.5, 0.6) is 0 Å². The predicted molar refractivity (Wildman–Crippen MR) is 106 cm³/mol. The Kier molecular flexibility index (Phi) is 7.85. The van der Waals surface area contributed by atoms with Crippen LogP contribution in [0.2, 0.25) is 0 Å². The molecule has 146 valence electrons. The highest BCUT2D eigenvalue weighted by Crippen LogP contribution is 2.15. The van der Waals surface area contributed by atoms with Crippen molar-refractivity contribution in [2.24, 2.45) is 4.99 Å². The number of carbonyl (C=O) groups excluding carboxylic acids is 1. The summed E-state index contributed by atoms with van der Waals surface area (Å²) in [6, 6.07) is 10.00. The van der Waals surface area contributed by atoms with E-state index in [1.807, 2.05) is 37.3 Å². The zero-order valence-corrected chi connectivity index (χ0v) is 16.6. The van der Waals surface area contributed by atoms with Gasteiger partial charge in [0.05, 0.1) is 18.8 Å². The molecule has 0 radical (unpaired) electrons. The zero-order valence-electron chi connectivity index (χ0n) is 16.6. The molecule has 2 rings (SSSR count). The molecule has 7 nitrogen and oxygen atoms in total. The summed E-state index contributed by atoms with van der Waals surface area (Å²) < 4.78 is 5.42. The molecular formula is C20H29N5O2. The Morgan fingerprint density at radius 1 is 1.15 bits per heavy atom. The van der Waals surface area contributed by atoms with Gasteiger partial charge in [-0.25, -0.2) is 4.99 Å². The third-order valence-electron chi connectivity index (χ3n) is 4.21. The van der Waals surface area contributed by atoms with E-state index in [0.717, 1.165) is 35.4 Å². The fourth-order valence-electron chi connectivity index (χ4n) is 2.56. The lowest BCUT2D eigenvalue weighted by Gasteiger charge is -2.15. The van der Waals surface area contributed by atoms with E-state index in [9.17, 15) is 4.79 Å². The molecule has 2 N–H and O–H groups in total. The van der Waals surface area contributed by atoms with Gasteiger partial charge in [-0.05, 0) is 12.0 Å². The Morgan fingerprint density at radius 3 is 2.52 bits per heavy atom. The number of guanidine groups is 1. The second-order valence-corrected chi connectivity index (χ2v) is 6.38. The largest absolute Gasteiger partial charge is 0.361 e. The smallest absolute Gasteiger partial charge is 0.241 e. The van der Waals surface area contributed by atoms with Crippen LogP contribution in [0.1, 0.15) is 36.4 Å². The lowest BCUT2D eigenvalue weighted by Crippen LogP contribution is -2.42. The number of aryl methyl sites for hydroxylation is 2. The van der Waals surface area contributed by atoms with Crippen molar-refractivity contribution in [1.29, 1.82) is 0 Å². The summed E-state index contributed by atoms with van der Waals surface area (Å²) in [5.41, 5.74) is 3.12. The van der Waals surface area contributed by atoms with Crippen LogP contribution in [0.15, 0.2) is 39.8 Å². The summed E-state index contributed by atoms with van der Waals surface area (Å²) in [5, 5.41) is 10.5. The number of nitrogens with one attached hydrogen (secondary N) is 2. The average Bonchev–Trinajstić information content (AvgIpc) is 3.09. The van der Waals surface area contributed by atoms with Crippen LogP contribution in [0.3, 0.4) is 0 Å². The van der Waals surface area contributed by atoms with Gasteiger partial charge in [0.1, 0.15) is 5.76 Å². The summed E-state index contributed by atoms with van der Waals surface area (Å²) in [4.78, 5) is 18.1. The quantitative estimate of drug-likeness (QED) is 0.549. The second kappa shape index (κ2) is 10.4. The highest BCUT2D eigenvalue weighted by atomic mass is 16.5. The molecule has 1 aromatic carbocycles. The number of rotatable bonds is 8. The van der Waals surface area contributed by atoms with Gasteiger partial charge in [-0.2, -0.15) is 0 Å². The third-order valence-corrected chi connectivity index (χ3v) is 4.21. The Bertz CT molecular complexity index is 731. The minimum Gasteiger partial charge on any atom is -0.361 e. The van der Waals surface area contributed by atoms with Crippen molar-refractivity contribution < 1.29 is 9.32 Å². The fourth-order valence-corrected chi connectivity index (χ4v) is 2.56. The molecule has 0 aliphatic carbocycles. The van der Waals surface area contributed by atoms with Crippen molar-refractivity contribution >= 4 is 11.9 Å². The zero-order chi connectivity index (χ0) is 19.6. The topological polar surface area (TPSA) is 82.8 Å². The van der Waals surface area contributed by atoms with Crippen molar-refractivity contribution in [3.05, 3.63) is 52.9 Å². The molecule has 0 atom stereocenters. The predicted octanol–water partition coefficient (Wildman–Crippen LogP) is 2.12. The second-order valence-electron chi connectivity index (χ2n) is 6.38. The number of aromatic nitrogens is 1. The van der Waals surface area contributed by atoms with E-state index < -0.39 is 0 Å². The van der Waals surface area contributed by atoms with Crippen molar-refractivity contribution in [3.8, 4) is 0 Å². The number of amides is 1. The molecule has 7 heteroatoms. The molecule has 1 aromatic heterocycles. The van der Waals surface area contributed by atoms with Crippen molar-refractivity contribution in [2.75, 3.05) is 20.6 Å². The Balaban J connectivity index is 2.09. The van der Waals surface area contributed by atoms with Gasteiger partial charge in [0.2, 0.25) is 5.91 Å². The summed E-state index contributed by atoms with van der Waals surface area (Å²) in [6.45, 7) is 5.35. The summed E-state index contributed by atoms with van der Waals surface area (Å²) in [6.07, 6.45) is 1.59. The van der Waals surface area contributed by atoms with Crippen LogP contribution >= 0.6 is 0 Å². The van der Waals surface area contributed by atoms with Crippen LogP contribution in [-0.4, -0.2) is 42.6 Å². The lowest BCUT2D eigenvalue weighted by atomic mass is 10.1. The Hall–Kier alpha value is -2.83. The summed E-state index contributed by atoms with van der Waals surface area (Å²) in [7, 11) is 3.47. The maximum Gasteiger partial charge on any atom is 0.241 e. The molecule has 0 aliphatic heterocycles. The summed E-state index contributed by atoms with van der Waals surface area (Å²) >= 11 is 0. The highest BCUT2D eigenvalue weighted by molar-refractivity contribution is 5.86. The number of benzene rings is 1. The summed E-state index contributed by atoms with van der Waals surface area (Å²) in [5.74, 6) is 1.45. The number of hydrogen-bond acceptors (Lipinski definition) is 4. The molecule has 27 heavy (non-hydrogen) atoms. The Morgan fingerprint density at radius 2 is 1.89 bits per heavy atom. The van der Waals surface area contributed by atoms with Gasteiger partial charge in [-0.3, -0.25) is 4.79 Å². The van der Waals surface area contributed by atoms with Crippen molar-refractivity contribution in [1.82, 2.24) is 20.7 Å². The number of likely N-dealkylation sites (N-methyl/N-ethyl adjacent to an activating group) is 1. The van der Waals surface area contributed by atoms with E-state index in [4.69, 9.17) is 4.52 Å². The SMILES string of the molecule is CCc1noc(CC)c1CNC(=NCc1ccccc1)NCC(=O)N(C)C. The monoisotopic (exact) mass is 371 g/mol. The van der Waals surface area contributed by atoms with Crippen LogP contribution < -0.4 is 10.6 Å². The third kappa shape index (κ3) is 6.13. The van der Waals surface area contributed by atoms with E-state index in [2.05, 4.69) is 27.7 Å². The van der Waals surface area contributed by atoms with Gasteiger partial charge in [0, 0.05) is 32.6 Å². The van der Waals surface area contributed by atoms with Gasteiger partial charge >= 0.3 is 0 Å². The molecule has 0 spiro atoms. The highest BCUT2D eigenvalue weighted by Gasteiger charge is 2.14. The molecule has 0 unspecified atom stereocenters. The number of nitrogens with zero attached hydrogens (tertiary/aromatic N) is 3. The number of aliphatic imine (C=N–C) groups is 1. The number of hydrogen-bond donors (Lipinski definition) is 2. The minimum atomic E-state index is -0.0160. The van der Waals surface area contributed by atoms with Crippen LogP contribution in [0, 0.1) is 0 Å². The van der Waals surface area contributed by atoms with Crippen LogP contribution in [0.25, 0.3) is 0 Å². The van der Waals surface area contributed by atoms with E-state index in [-0.39, 0.29) is 12.5 Å². The van der Waals surface area contributed by atoms with Gasteiger partial charge in [-0.1, -0.05) is 49.3 Å². The first kappa shape index (κ1) is 20.5. The van der Waals surface area contributed by atoms with Crippen LogP contribution in [-0.2, 0) is 30.7 Å². The molecule has 0 fully saturated rings. The first-order chi connectivity index (χ1) is 13.0. The molecule has 0 saturated heterocycles. The fraction of sp³-hybridized carbons (Fsp3) is 0.450. The normalized spacial score (nSPS) is 11.3. The van der Waals surface area contributed by atoms with E-state index in [1.54, 1.807) is 19.0 Å². The van der Waals surface area contributed by atoms with Crippen molar-refractivity contribution in [2.45, 2.75) is 39.8 Å². The lowest BCUT2D eigenvalue weighted by molar-refractivity contribution is -0.127. The van der Waals surface area contributed by atoms with Gasteiger partial charge in [-0.15, -0.1) is 0 Å². The van der Waals surface area contributed by atoms with Gasteiger partial charge < -0.3 is 20.1 Å². The molecule has 2 aromatic rings. The molecule has 0 bridgehead atoms. The molecule has 1 heterocycles. The first-order valence-corrected chi connectivity index (χ1v) is 9.27. The first-order valence-electron chi connectivity index (χ1n) is 9.27. The van der Waals surface area contributed by atoms with Gasteiger partial charge in [0.25, 0.3) is 0 Å². The van der Waals surface area contributed by atoms with Gasteiger partial charge in [0.15, 0.2) is 5.96 Å². The van der Waals surface area contributed by atoms with E-state index >= 15 is 0 Å². The van der Waals surface area contributed by atoms with E-state index in [1.165, 1.54) is 0 Å². The molecule has 0 aliphatic rings. The molecule has 1 amide bonds. The molecule has 0 saturated carbocycles. The van der Waals surface area contributed by atoms with Crippen molar-refractivity contribution in [3.63, 3.8) is 0 Å². The van der Waals surface area contributed by atoms with E-state index in [0.29, 0.717) is 19.0 Å². The maximum atomic E-state index is 11.9. The Labute approximate surface area is 160 Å². The molecular weight excluding hydrogens is 342 g/mol. The maximum absolute atomic E-state index is 11.9. The standard InChI is InChI=1S/C20H29N5O2/c1-5-17-16(18(6-2)27-24-17)13-22-20(23-14-19(26)25(3)4)21-12-15-10-8-7-9-11-15/h7-11H,5-6,12-14H2,1-4H3,(H2,21,22,23). The minimum absolute atomic E-state index is 0.0160. The average molecular weight is 371 g/mol.